The first kappa shape index (κ1) is 10.3. The molecule has 13 heavy (non-hydrogen) atoms. The van der Waals surface area contributed by atoms with E-state index in [1.54, 1.807) is 18.0 Å². The first-order chi connectivity index (χ1) is 6.33. The van der Waals surface area contributed by atoms with E-state index in [-0.39, 0.29) is 0 Å². The van der Waals surface area contributed by atoms with E-state index in [2.05, 4.69) is 24.0 Å². The molecule has 1 aromatic carbocycles. The molecule has 0 saturated carbocycles. The fourth-order valence-electron chi connectivity index (χ4n) is 0.848. The standard InChI is InChI=1S/C10H11NS2/c1-2-11-10(12)13-8-9-6-4-3-5-7-9/h2-7H,1,8H2,(H,11,12). The molecule has 68 valence electrons. The zero-order chi connectivity index (χ0) is 9.52. The van der Waals surface area contributed by atoms with E-state index in [4.69, 9.17) is 12.2 Å². The quantitative estimate of drug-likeness (QED) is 0.769. The molecule has 0 heterocycles. The minimum atomic E-state index is 0.763. The van der Waals surface area contributed by atoms with Crippen molar-refractivity contribution in [2.24, 2.45) is 0 Å². The molecular weight excluding hydrogens is 198 g/mol. The Labute approximate surface area is 88.2 Å². The van der Waals surface area contributed by atoms with Crippen LogP contribution in [0, 0.1) is 0 Å². The molecule has 3 heteroatoms. The van der Waals surface area contributed by atoms with E-state index in [1.165, 1.54) is 5.56 Å². The summed E-state index contributed by atoms with van der Waals surface area (Å²) in [5, 5.41) is 2.87. The van der Waals surface area contributed by atoms with Gasteiger partial charge in [0.1, 0.15) is 4.32 Å². The van der Waals surface area contributed by atoms with Crippen molar-refractivity contribution in [2.45, 2.75) is 5.75 Å². The van der Waals surface area contributed by atoms with Gasteiger partial charge in [-0.2, -0.15) is 0 Å². The van der Waals surface area contributed by atoms with E-state index in [0.717, 1.165) is 10.1 Å². The topological polar surface area (TPSA) is 12.0 Å². The lowest BCUT2D eigenvalue weighted by Crippen LogP contribution is -2.09. The molecule has 0 fully saturated rings. The third-order valence-electron chi connectivity index (χ3n) is 1.43. The summed E-state index contributed by atoms with van der Waals surface area (Å²) in [4.78, 5) is 0. The average Bonchev–Trinajstić information content (AvgIpc) is 2.17. The van der Waals surface area contributed by atoms with Crippen molar-refractivity contribution < 1.29 is 0 Å². The normalized spacial score (nSPS) is 9.23. The number of nitrogens with one attached hydrogen (secondary N) is 1. The van der Waals surface area contributed by atoms with Crippen LogP contribution >= 0.6 is 24.0 Å². The molecule has 0 aromatic heterocycles. The van der Waals surface area contributed by atoms with Gasteiger partial charge >= 0.3 is 0 Å². The predicted molar refractivity (Wildman–Crippen MR) is 63.7 cm³/mol. The molecule has 1 rings (SSSR count). The maximum atomic E-state index is 5.03. The Bertz CT molecular complexity index is 282. The van der Waals surface area contributed by atoms with E-state index >= 15 is 0 Å². The first-order valence-electron chi connectivity index (χ1n) is 3.91. The summed E-state index contributed by atoms with van der Waals surface area (Å²) in [7, 11) is 0. The van der Waals surface area contributed by atoms with Gasteiger partial charge in [-0.3, -0.25) is 0 Å². The molecule has 0 aliphatic rings. The van der Waals surface area contributed by atoms with E-state index in [1.807, 2.05) is 18.2 Å². The van der Waals surface area contributed by atoms with Crippen molar-refractivity contribution in [2.75, 3.05) is 0 Å². The molecule has 0 atom stereocenters. The summed E-state index contributed by atoms with van der Waals surface area (Å²) in [5.41, 5.74) is 1.28. The molecule has 0 radical (unpaired) electrons. The predicted octanol–water partition coefficient (Wildman–Crippen LogP) is 2.94. The van der Waals surface area contributed by atoms with Gasteiger partial charge in [-0.1, -0.05) is 60.9 Å². The van der Waals surface area contributed by atoms with Gasteiger partial charge in [-0.05, 0) is 11.8 Å². The Kier molecular flexibility index (Phi) is 4.57. The fourth-order valence-corrected chi connectivity index (χ4v) is 1.77. The number of thiocarbonyl (C=S) groups is 1. The number of benzene rings is 1. The minimum Gasteiger partial charge on any atom is -0.348 e. The monoisotopic (exact) mass is 209 g/mol. The van der Waals surface area contributed by atoms with Crippen molar-refractivity contribution in [3.8, 4) is 0 Å². The Morgan fingerprint density at radius 3 is 2.77 bits per heavy atom. The molecule has 1 aromatic rings. The summed E-state index contributed by atoms with van der Waals surface area (Å²) < 4.78 is 0.763. The second kappa shape index (κ2) is 5.78. The van der Waals surface area contributed by atoms with Gasteiger partial charge in [0, 0.05) is 5.75 Å². The summed E-state index contributed by atoms with van der Waals surface area (Å²) in [5.74, 6) is 0.903. The zero-order valence-corrected chi connectivity index (χ0v) is 8.83. The van der Waals surface area contributed by atoms with Crippen LogP contribution in [-0.4, -0.2) is 4.32 Å². The van der Waals surface area contributed by atoms with Gasteiger partial charge < -0.3 is 5.32 Å². The van der Waals surface area contributed by atoms with Crippen LogP contribution in [0.5, 0.6) is 0 Å². The van der Waals surface area contributed by atoms with Gasteiger partial charge in [0.25, 0.3) is 0 Å². The number of thioether (sulfide) groups is 1. The van der Waals surface area contributed by atoms with Gasteiger partial charge in [0.2, 0.25) is 0 Å². The Balaban J connectivity index is 2.35. The largest absolute Gasteiger partial charge is 0.348 e. The van der Waals surface area contributed by atoms with Crippen LogP contribution in [0.4, 0.5) is 0 Å². The van der Waals surface area contributed by atoms with Gasteiger partial charge in [-0.15, -0.1) is 0 Å². The number of rotatable bonds is 3. The smallest absolute Gasteiger partial charge is 0.138 e. The van der Waals surface area contributed by atoms with Crippen molar-refractivity contribution in [1.29, 1.82) is 0 Å². The maximum Gasteiger partial charge on any atom is 0.138 e. The summed E-state index contributed by atoms with van der Waals surface area (Å²) in [6.45, 7) is 3.54. The van der Waals surface area contributed by atoms with Crippen LogP contribution in [0.25, 0.3) is 0 Å². The molecule has 1 N–H and O–H groups in total. The molecule has 0 saturated heterocycles. The highest BCUT2D eigenvalue weighted by Crippen LogP contribution is 2.12. The molecular formula is C10H11NS2. The highest BCUT2D eigenvalue weighted by Gasteiger charge is 1.95. The zero-order valence-electron chi connectivity index (χ0n) is 7.19. The lowest BCUT2D eigenvalue weighted by molar-refractivity contribution is 1.35. The summed E-state index contributed by atoms with van der Waals surface area (Å²) >= 11 is 6.64. The lowest BCUT2D eigenvalue weighted by Gasteiger charge is -2.02. The number of hydrogen-bond donors (Lipinski definition) is 1. The van der Waals surface area contributed by atoms with E-state index < -0.39 is 0 Å². The SMILES string of the molecule is C=CNC(=S)SCc1ccccc1. The van der Waals surface area contributed by atoms with Crippen LogP contribution in [0.15, 0.2) is 43.1 Å². The van der Waals surface area contributed by atoms with Crippen molar-refractivity contribution in [3.05, 3.63) is 48.7 Å². The first-order valence-corrected chi connectivity index (χ1v) is 5.30. The summed E-state index contributed by atoms with van der Waals surface area (Å²) in [6, 6.07) is 10.2. The lowest BCUT2D eigenvalue weighted by atomic mass is 10.2. The van der Waals surface area contributed by atoms with Crippen molar-refractivity contribution in [3.63, 3.8) is 0 Å². The summed E-state index contributed by atoms with van der Waals surface area (Å²) in [6.07, 6.45) is 1.60. The Hall–Kier alpha value is -0.800. The molecule has 0 aliphatic carbocycles. The van der Waals surface area contributed by atoms with Crippen molar-refractivity contribution in [1.82, 2.24) is 5.32 Å². The highest BCUT2D eigenvalue weighted by molar-refractivity contribution is 8.22. The van der Waals surface area contributed by atoms with Crippen LogP contribution in [0.1, 0.15) is 5.56 Å². The molecule has 1 nitrogen and oxygen atoms in total. The van der Waals surface area contributed by atoms with E-state index in [0.29, 0.717) is 0 Å². The Morgan fingerprint density at radius 2 is 2.15 bits per heavy atom. The Morgan fingerprint density at radius 1 is 1.46 bits per heavy atom. The number of hydrogen-bond acceptors (Lipinski definition) is 2. The van der Waals surface area contributed by atoms with E-state index in [9.17, 15) is 0 Å². The fraction of sp³-hybridized carbons (Fsp3) is 0.100. The molecule has 0 amide bonds. The van der Waals surface area contributed by atoms with Gasteiger partial charge in [0.05, 0.1) is 0 Å². The molecule has 0 bridgehead atoms. The van der Waals surface area contributed by atoms with Crippen molar-refractivity contribution >= 4 is 28.3 Å². The second-order valence-corrected chi connectivity index (χ2v) is 4.06. The highest BCUT2D eigenvalue weighted by atomic mass is 32.2. The molecule has 0 spiro atoms. The third kappa shape index (κ3) is 4.10. The van der Waals surface area contributed by atoms with Crippen LogP contribution < -0.4 is 5.32 Å². The third-order valence-corrected chi connectivity index (χ3v) is 2.76. The molecule has 0 aliphatic heterocycles. The minimum absolute atomic E-state index is 0.763. The average molecular weight is 209 g/mol. The molecule has 0 unspecified atom stereocenters. The van der Waals surface area contributed by atoms with Gasteiger partial charge in [0.15, 0.2) is 0 Å². The maximum absolute atomic E-state index is 5.03. The van der Waals surface area contributed by atoms with Crippen LogP contribution in [0.3, 0.4) is 0 Å². The van der Waals surface area contributed by atoms with Gasteiger partial charge in [-0.25, -0.2) is 0 Å². The second-order valence-electron chi connectivity index (χ2n) is 2.41. The van der Waals surface area contributed by atoms with Crippen LogP contribution in [-0.2, 0) is 5.75 Å². The van der Waals surface area contributed by atoms with Crippen LogP contribution in [0.2, 0.25) is 0 Å².